The number of hydrogen-bond acceptors (Lipinski definition) is 0. The molecule has 0 N–H and O–H groups in total. The second kappa shape index (κ2) is 11.5. The molecule has 50 heavy (non-hydrogen) atoms. The maximum absolute atomic E-state index is 9.91. The average molecular weight is 651 g/mol. The highest BCUT2D eigenvalue weighted by atomic mass is 15.0. The summed E-state index contributed by atoms with van der Waals surface area (Å²) < 4.78 is 132. The molecular weight excluding hydrogens is 605 g/mol. The van der Waals surface area contributed by atoms with E-state index in [2.05, 4.69) is 0 Å². The van der Waals surface area contributed by atoms with Gasteiger partial charge >= 0.3 is 0 Å². The van der Waals surface area contributed by atoms with Crippen molar-refractivity contribution in [1.29, 1.82) is 0 Å². The zero-order chi connectivity index (χ0) is 45.2. The Bertz CT molecular complexity index is 3640. The van der Waals surface area contributed by atoms with E-state index in [1.54, 1.807) is 30.3 Å². The van der Waals surface area contributed by atoms with Crippen LogP contribution < -0.4 is 0 Å². The quantitative estimate of drug-likeness (QED) is 0.175. The van der Waals surface area contributed by atoms with Crippen molar-refractivity contribution in [2.45, 2.75) is 0 Å². The molecule has 0 amide bonds. The number of para-hydroxylation sites is 2. The third-order valence-corrected chi connectivity index (χ3v) is 9.01. The van der Waals surface area contributed by atoms with Crippen molar-refractivity contribution in [3.63, 3.8) is 0 Å². The number of nitrogens with zero attached hydrogens (tertiary/aromatic N) is 2. The van der Waals surface area contributed by atoms with Crippen molar-refractivity contribution < 1.29 is 19.2 Å². The Morgan fingerprint density at radius 2 is 0.840 bits per heavy atom. The molecule has 0 radical (unpaired) electrons. The lowest BCUT2D eigenvalue weighted by molar-refractivity contribution is 1.18. The van der Waals surface area contributed by atoms with Crippen LogP contribution >= 0.6 is 0 Å². The van der Waals surface area contributed by atoms with Gasteiger partial charge in [-0.25, -0.2) is 0 Å². The Hall–Kier alpha value is -6.64. The lowest BCUT2D eigenvalue weighted by Crippen LogP contribution is -1.95. The molecule has 10 rings (SSSR count). The molecule has 8 aromatic carbocycles. The van der Waals surface area contributed by atoms with Crippen LogP contribution in [0.3, 0.4) is 0 Å². The van der Waals surface area contributed by atoms with Gasteiger partial charge in [-0.05, 0) is 87.9 Å². The summed E-state index contributed by atoms with van der Waals surface area (Å²) in [5.41, 5.74) is 3.10. The highest BCUT2D eigenvalue weighted by Gasteiger charge is 2.16. The van der Waals surface area contributed by atoms with Crippen molar-refractivity contribution in [2.24, 2.45) is 0 Å². The minimum Gasteiger partial charge on any atom is -0.309 e. The Morgan fingerprint density at radius 1 is 0.320 bits per heavy atom. The molecule has 10 aromatic rings. The van der Waals surface area contributed by atoms with Crippen LogP contribution in [0, 0.1) is 0 Å². The molecule has 2 nitrogen and oxygen atoms in total. The van der Waals surface area contributed by atoms with E-state index in [1.807, 2.05) is 78.9 Å². The van der Waals surface area contributed by atoms with Crippen molar-refractivity contribution in [2.75, 3.05) is 0 Å². The summed E-state index contributed by atoms with van der Waals surface area (Å²) in [6.07, 6.45) is 0. The summed E-state index contributed by atoms with van der Waals surface area (Å²) >= 11 is 0. The van der Waals surface area contributed by atoms with Gasteiger partial charge in [0.05, 0.1) is 41.3 Å². The van der Waals surface area contributed by atoms with E-state index >= 15 is 0 Å². The van der Waals surface area contributed by atoms with Crippen LogP contribution in [0.15, 0.2) is 194 Å². The van der Waals surface area contributed by atoms with Crippen molar-refractivity contribution in [3.8, 4) is 44.8 Å². The molecule has 0 atom stereocenters. The molecule has 0 fully saturated rings. The standard InChI is InChI=1S/C48H32N2/c1-3-12-33(13-4-1)35-22-26-39(27-23-35)49-46-21-10-8-19-42(46)44-31-37(25-29-47(44)49)38-24-28-43-41-18-7-9-20-45(41)50(48(43)32-38)40-17-11-16-36(30-40)34-14-5-2-6-15-34/h1-32H/i7D,8D,9D,10D,18D,19D,20D,21D,24D,25D,28D,29D,31D,32D. The summed E-state index contributed by atoms with van der Waals surface area (Å²) in [5.74, 6) is 0. The zero-order valence-corrected chi connectivity index (χ0v) is 26.3. The van der Waals surface area contributed by atoms with E-state index in [4.69, 9.17) is 11.0 Å². The second-order valence-corrected chi connectivity index (χ2v) is 11.9. The predicted molar refractivity (Wildman–Crippen MR) is 211 cm³/mol. The van der Waals surface area contributed by atoms with Gasteiger partial charge in [0.25, 0.3) is 0 Å². The van der Waals surface area contributed by atoms with E-state index in [-0.39, 0.29) is 43.6 Å². The maximum atomic E-state index is 9.91. The minimum atomic E-state index is -0.634. The third kappa shape index (κ3) is 4.57. The van der Waals surface area contributed by atoms with Crippen LogP contribution in [-0.4, -0.2) is 9.13 Å². The minimum absolute atomic E-state index is 0.0393. The molecule has 0 unspecified atom stereocenters. The molecule has 0 saturated heterocycles. The summed E-state index contributed by atoms with van der Waals surface area (Å²) in [7, 11) is 0. The number of rotatable bonds is 5. The first kappa shape index (κ1) is 17.7. The van der Waals surface area contributed by atoms with Crippen LogP contribution in [0.4, 0.5) is 0 Å². The molecule has 0 spiro atoms. The van der Waals surface area contributed by atoms with Gasteiger partial charge in [0.15, 0.2) is 0 Å². The van der Waals surface area contributed by atoms with Gasteiger partial charge in [-0.1, -0.05) is 139 Å². The van der Waals surface area contributed by atoms with Crippen LogP contribution in [0.2, 0.25) is 0 Å². The van der Waals surface area contributed by atoms with E-state index in [1.165, 1.54) is 9.13 Å². The van der Waals surface area contributed by atoms with E-state index in [0.717, 1.165) is 22.3 Å². The first-order valence-electron chi connectivity index (χ1n) is 23.1. The second-order valence-electron chi connectivity index (χ2n) is 11.9. The SMILES string of the molecule is [2H]c1c([2H])c([2H])c2c(c1[2H])c1c([2H])c(-c3c([2H])c([2H])c4c5c([2H])c([2H])c([2H])c([2H])c5n(-c5cccc(-c6ccccc6)c5)c4c3[2H])c([2H])c([2H])c1n2-c1ccc(-c2ccccc2)cc1. The zero-order valence-electron chi connectivity index (χ0n) is 40.3. The van der Waals surface area contributed by atoms with Gasteiger partial charge in [0, 0.05) is 32.9 Å². The van der Waals surface area contributed by atoms with E-state index in [9.17, 15) is 8.22 Å². The molecular formula is C48H32N2. The van der Waals surface area contributed by atoms with Gasteiger partial charge in [-0.2, -0.15) is 0 Å². The monoisotopic (exact) mass is 650 g/mol. The predicted octanol–water partition coefficient (Wildman–Crippen LogP) is 12.9. The maximum Gasteiger partial charge on any atom is 0.0652 e. The Kier molecular flexibility index (Phi) is 4.07. The topological polar surface area (TPSA) is 9.86 Å². The molecule has 0 aliphatic rings. The number of hydrogen-bond donors (Lipinski definition) is 0. The molecule has 2 aromatic heterocycles. The normalized spacial score (nSPS) is 15.5. The van der Waals surface area contributed by atoms with E-state index < -0.39 is 95.7 Å². The smallest absolute Gasteiger partial charge is 0.0652 e. The fourth-order valence-electron chi connectivity index (χ4n) is 6.68. The average Bonchev–Trinajstić information content (AvgIpc) is 3.88. The Morgan fingerprint density at radius 3 is 1.56 bits per heavy atom. The molecule has 0 aliphatic heterocycles. The molecule has 2 heterocycles. The van der Waals surface area contributed by atoms with Crippen molar-refractivity contribution in [3.05, 3.63) is 194 Å². The van der Waals surface area contributed by atoms with Crippen LogP contribution in [0.5, 0.6) is 0 Å². The number of benzene rings is 8. The molecule has 0 saturated carbocycles. The fraction of sp³-hybridized carbons (Fsp3) is 0. The lowest BCUT2D eigenvalue weighted by atomic mass is 10.0. The number of aromatic nitrogens is 2. The molecule has 0 aliphatic carbocycles. The summed E-state index contributed by atoms with van der Waals surface area (Å²) in [4.78, 5) is 0. The van der Waals surface area contributed by atoms with Gasteiger partial charge in [-0.15, -0.1) is 0 Å². The van der Waals surface area contributed by atoms with Crippen molar-refractivity contribution in [1.82, 2.24) is 9.13 Å². The Labute approximate surface area is 310 Å². The largest absolute Gasteiger partial charge is 0.309 e. The first-order valence-corrected chi connectivity index (χ1v) is 16.1. The van der Waals surface area contributed by atoms with Gasteiger partial charge in [0.1, 0.15) is 0 Å². The summed E-state index contributed by atoms with van der Waals surface area (Å²) in [6.45, 7) is 0. The summed E-state index contributed by atoms with van der Waals surface area (Å²) in [6, 6.07) is 25.8. The fourth-order valence-corrected chi connectivity index (χ4v) is 6.68. The van der Waals surface area contributed by atoms with Crippen LogP contribution in [-0.2, 0) is 0 Å². The highest BCUT2D eigenvalue weighted by molar-refractivity contribution is 6.12. The van der Waals surface area contributed by atoms with Crippen LogP contribution in [0.25, 0.3) is 88.4 Å². The third-order valence-electron chi connectivity index (χ3n) is 9.01. The first-order chi connectivity index (χ1) is 30.6. The number of fused-ring (bicyclic) bond motifs is 6. The van der Waals surface area contributed by atoms with E-state index in [0.29, 0.717) is 11.4 Å². The van der Waals surface area contributed by atoms with Gasteiger partial charge in [-0.3, -0.25) is 0 Å². The van der Waals surface area contributed by atoms with Gasteiger partial charge in [0.2, 0.25) is 0 Å². The molecule has 234 valence electrons. The summed E-state index contributed by atoms with van der Waals surface area (Å²) in [5, 5.41) is -0.420. The van der Waals surface area contributed by atoms with Crippen LogP contribution in [0.1, 0.15) is 19.2 Å². The van der Waals surface area contributed by atoms with Crippen molar-refractivity contribution >= 4 is 43.6 Å². The molecule has 2 heteroatoms. The lowest BCUT2D eigenvalue weighted by Gasteiger charge is -2.12. The Balaban J connectivity index is 1.34. The highest BCUT2D eigenvalue weighted by Crippen LogP contribution is 2.39. The molecule has 0 bridgehead atoms. The van der Waals surface area contributed by atoms with Gasteiger partial charge < -0.3 is 9.13 Å².